The van der Waals surface area contributed by atoms with E-state index < -0.39 is 150 Å². The van der Waals surface area contributed by atoms with Crippen LogP contribution < -0.4 is 17.1 Å². The van der Waals surface area contributed by atoms with Crippen molar-refractivity contribution in [2.45, 2.75) is 348 Å². The van der Waals surface area contributed by atoms with Gasteiger partial charge >= 0.3 is 11.9 Å². The lowest BCUT2D eigenvalue weighted by Crippen LogP contribution is -2.64. The lowest BCUT2D eigenvalue weighted by atomic mass is 9.81. The molecule has 28 nitrogen and oxygen atoms in total. The second-order valence-corrected chi connectivity index (χ2v) is 35.2. The van der Waals surface area contributed by atoms with Gasteiger partial charge in [-0.05, 0) is 204 Å². The molecule has 4 saturated heterocycles. The largest absolute Gasteiger partial charge is 0.456 e. The van der Waals surface area contributed by atoms with Gasteiger partial charge in [-0.2, -0.15) is 5.10 Å². The fourth-order valence-electron chi connectivity index (χ4n) is 18.8. The SMILES string of the molecule is CCC.CCNN=C1/C=C/[C@@H](C)[C@@H](/C(C)=C/[C@@H]2CC[C@@H](O)[C@H](OC)C2)OC(=O)[C@@H]2CCCCN2C(=O)C(=O)[C@]2(O)O[C@H]([C@@H](OC)C[C@@H](C)C/C(C)=C/[C@H]1CC)[C@@H](OC)C[C@H]2C.CC[C@@H]1/C=C(\C)C[C@H](C)C[C@H](OC)[C@H]2O[C@@](O)(C(=O)C(=O)N3CCCC[C@H]3C(=O)O[C@H](/C(C)=C/[C@@H]3CC[C@@H](O)[C@H](OC)C3)[C@H](C)[C@@H](O)CC1=O)[C@H](C)C[C@@H]2OC.NN. The molecule has 6 fully saturated rings. The van der Waals surface area contributed by atoms with Crippen molar-refractivity contribution in [2.75, 3.05) is 62.3 Å². The highest BCUT2D eigenvalue weighted by atomic mass is 16.7. The zero-order valence-corrected chi connectivity index (χ0v) is 75.7. The molecule has 0 aromatic heterocycles. The number of cyclic esters (lactones) is 2. The molecule has 2 aliphatic carbocycles. The van der Waals surface area contributed by atoms with Gasteiger partial charge in [0, 0.05) is 104 Å². The number of hydrogen-bond donors (Lipinski definition) is 8. The standard InChI is InChI=1S/C45H73N3O10.C43H69NO12.C3H8.H4N2/c1-11-33-22-27(3)21-28(4)23-38(55-9)41-39(56-10)25-31(7)45(53,58-41)42(50)43(51)48-20-14-13-15-35(48)44(52)57-40(29(5)16-18-34(33)47-46-12-2)30(6)24-32-17-19-36(49)37(26-32)54-8;1-10-30-18-24(2)17-25(3)19-36(53-8)39-37(54-9)21-27(5)43(51,56-39)40(48)41(49)44-16-12-11-13-31(44)42(50)55-38(28(6)33(46)23-34(30)47)26(4)20-29-14-15-32(45)35(22-29)52-7;1-3-2;1-2/h16,18,22,24,28-29,31-33,35-41,46,49,53H,11-15,17,19-21,23,25-26H2,1-10H3;18,20,25,27-33,35-39,45-46,51H,10-17,19,21-23H2,1-9H3;3H2,1-2H3;1-2H2/b18-16+,27-22+,30-24+,47-34?;24-18+,26-20+;;/t28-,29+,31+,32-,33+,35-,36+,37+,38-,39-,40-,41+,45+;25-,27+,28+,29-,30+,31-,32+,33-,35+,36-,37-,38+,39+,43+;;/m00../s1. The van der Waals surface area contributed by atoms with Crippen LogP contribution in [0.5, 0.6) is 0 Å². The normalized spacial score (nSPS) is 39.3. The fraction of sp³-hybridized carbons (Fsp3) is 0.802. The topological polar surface area (TPSA) is 396 Å². The van der Waals surface area contributed by atoms with Crippen molar-refractivity contribution < 1.29 is 106 Å². The number of nitrogens with zero attached hydrogens (tertiary/aromatic N) is 3. The van der Waals surface area contributed by atoms with Crippen LogP contribution in [0.4, 0.5) is 0 Å². The van der Waals surface area contributed by atoms with Gasteiger partial charge in [0.2, 0.25) is 11.6 Å². The molecule has 680 valence electrons. The molecule has 6 aliphatic heterocycles. The molecule has 6 heterocycles. The summed E-state index contributed by atoms with van der Waals surface area (Å²) in [4.78, 5) is 102. The molecule has 119 heavy (non-hydrogen) atoms. The van der Waals surface area contributed by atoms with E-state index in [1.165, 1.54) is 36.0 Å². The number of hydrogen-bond acceptors (Lipinski definition) is 26. The number of ether oxygens (including phenoxy) is 10. The number of piperidine rings is 2. The summed E-state index contributed by atoms with van der Waals surface area (Å²) in [7, 11) is 9.38. The summed E-state index contributed by atoms with van der Waals surface area (Å²) in [6, 6.07) is -2.16. The summed E-state index contributed by atoms with van der Waals surface area (Å²) in [5.41, 5.74) is 7.69. The van der Waals surface area contributed by atoms with Crippen LogP contribution in [0.25, 0.3) is 0 Å². The number of carbonyl (C=O) groups is 7. The Morgan fingerprint density at radius 1 is 0.529 bits per heavy atom. The Morgan fingerprint density at radius 2 is 0.916 bits per heavy atom. The molecule has 10 N–H and O–H groups in total. The van der Waals surface area contributed by atoms with Gasteiger partial charge in [-0.25, -0.2) is 9.59 Å². The number of aliphatic hydroxyl groups is 5. The van der Waals surface area contributed by atoms with Crippen LogP contribution >= 0.6 is 0 Å². The molecule has 0 unspecified atom stereocenters. The van der Waals surface area contributed by atoms with E-state index in [1.807, 2.05) is 65.8 Å². The molecule has 0 radical (unpaired) electrons. The minimum Gasteiger partial charge on any atom is -0.456 e. The third-order valence-corrected chi connectivity index (χ3v) is 25.7. The van der Waals surface area contributed by atoms with Crippen LogP contribution in [0.2, 0.25) is 0 Å². The minimum absolute atomic E-state index is 0.000914. The van der Waals surface area contributed by atoms with Crippen LogP contribution in [-0.2, 0) is 80.9 Å². The number of amides is 2. The maximum absolute atomic E-state index is 14.4. The van der Waals surface area contributed by atoms with Gasteiger partial charge in [0.05, 0.1) is 60.6 Å². The first-order valence-corrected chi connectivity index (χ1v) is 44.2. The molecule has 2 saturated carbocycles. The number of allylic oxidation sites excluding steroid dienone is 7. The van der Waals surface area contributed by atoms with E-state index in [4.69, 9.17) is 52.5 Å². The summed E-state index contributed by atoms with van der Waals surface area (Å²) in [5.74, 6) is -5.51. The molecule has 0 aromatic carbocycles. The van der Waals surface area contributed by atoms with Crippen molar-refractivity contribution in [1.82, 2.24) is 15.2 Å². The van der Waals surface area contributed by atoms with E-state index in [0.717, 1.165) is 36.1 Å². The van der Waals surface area contributed by atoms with Gasteiger partial charge in [0.1, 0.15) is 42.3 Å². The maximum atomic E-state index is 14.4. The lowest BCUT2D eigenvalue weighted by Gasteiger charge is -2.47. The highest BCUT2D eigenvalue weighted by Gasteiger charge is 2.59. The molecule has 4 bridgehead atoms. The Hall–Kier alpha value is -5.54. The lowest BCUT2D eigenvalue weighted by molar-refractivity contribution is -0.302. The smallest absolute Gasteiger partial charge is 0.329 e. The first-order chi connectivity index (χ1) is 56.5. The highest BCUT2D eigenvalue weighted by molar-refractivity contribution is 6.39. The minimum atomic E-state index is -2.50. The molecule has 8 aliphatic rings. The Morgan fingerprint density at radius 3 is 1.31 bits per heavy atom. The van der Waals surface area contributed by atoms with Gasteiger partial charge in [0.15, 0.2) is 0 Å². The van der Waals surface area contributed by atoms with E-state index in [0.29, 0.717) is 102 Å². The summed E-state index contributed by atoms with van der Waals surface area (Å²) >= 11 is 0. The monoisotopic (exact) mass is 1680 g/mol. The zero-order chi connectivity index (χ0) is 88.9. The molecule has 28 heteroatoms. The Bertz CT molecular complexity index is 3400. The van der Waals surface area contributed by atoms with E-state index in [-0.39, 0.29) is 92.3 Å². The molecule has 27 atom stereocenters. The summed E-state index contributed by atoms with van der Waals surface area (Å²) in [6.45, 7) is 30.3. The van der Waals surface area contributed by atoms with Crippen molar-refractivity contribution in [1.29, 1.82) is 0 Å². The second kappa shape index (κ2) is 50.4. The number of hydrazone groups is 1. The van der Waals surface area contributed by atoms with Crippen LogP contribution in [0.3, 0.4) is 0 Å². The van der Waals surface area contributed by atoms with Crippen molar-refractivity contribution in [3.05, 3.63) is 58.7 Å². The number of hydrazine groups is 1. The summed E-state index contributed by atoms with van der Waals surface area (Å²) in [5, 5.41) is 61.4. The fourth-order valence-corrected chi connectivity index (χ4v) is 18.8. The van der Waals surface area contributed by atoms with Crippen LogP contribution in [-0.4, -0.2) is 247 Å². The van der Waals surface area contributed by atoms with E-state index in [2.05, 4.69) is 70.8 Å². The molecular weight excluding hydrogens is 1530 g/mol. The van der Waals surface area contributed by atoms with Crippen molar-refractivity contribution in [3.63, 3.8) is 0 Å². The van der Waals surface area contributed by atoms with Crippen LogP contribution in [0.1, 0.15) is 245 Å². The average Bonchev–Trinajstić information content (AvgIpc) is 0.858. The number of rotatable bonds is 14. The van der Waals surface area contributed by atoms with Gasteiger partial charge in [0.25, 0.3) is 23.4 Å². The first kappa shape index (κ1) is 104. The number of aliphatic hydroxyl groups excluding tert-OH is 3. The number of fused-ring (bicyclic) bond motifs is 6. The van der Waals surface area contributed by atoms with Crippen molar-refractivity contribution in [3.8, 4) is 0 Å². The van der Waals surface area contributed by atoms with Gasteiger partial charge in [-0.3, -0.25) is 35.7 Å². The number of esters is 2. The van der Waals surface area contributed by atoms with Crippen molar-refractivity contribution in [2.24, 2.45) is 76.0 Å². The van der Waals surface area contributed by atoms with Crippen LogP contribution in [0, 0.1) is 59.2 Å². The summed E-state index contributed by atoms with van der Waals surface area (Å²) in [6.07, 6.45) is 15.9. The Balaban J connectivity index is 0.000000402. The number of Topliss-reactive ketones (excluding diaryl/α,β-unsaturated/α-hetero) is 3. The molecule has 8 rings (SSSR count). The second-order valence-electron chi connectivity index (χ2n) is 35.2. The van der Waals surface area contributed by atoms with E-state index in [9.17, 15) is 59.1 Å². The molecule has 2 amide bonds. The van der Waals surface area contributed by atoms with E-state index >= 15 is 0 Å². The van der Waals surface area contributed by atoms with Crippen molar-refractivity contribution >= 4 is 46.8 Å². The number of nitrogens with two attached hydrogens (primary N) is 2. The number of carbonyl (C=O) groups excluding carboxylic acids is 7. The number of methoxy groups -OCH3 is 6. The first-order valence-electron chi connectivity index (χ1n) is 44.2. The molecule has 0 aromatic rings. The van der Waals surface area contributed by atoms with Gasteiger partial charge in [-0.15, -0.1) is 0 Å². The Kier molecular flexibility index (Phi) is 44.1. The average molecular weight is 1680 g/mol. The van der Waals surface area contributed by atoms with Gasteiger partial charge in [-0.1, -0.05) is 117 Å². The number of nitrogens with one attached hydrogen (secondary N) is 1. The molecule has 0 spiro atoms. The quantitative estimate of drug-likeness (QED) is 0.0263. The molecular formula is C91H154N6O22. The Labute approximate surface area is 710 Å². The predicted octanol–water partition coefficient (Wildman–Crippen LogP) is 10.4. The van der Waals surface area contributed by atoms with E-state index in [1.54, 1.807) is 49.2 Å². The zero-order valence-electron chi connectivity index (χ0n) is 75.7. The highest BCUT2D eigenvalue weighted by Crippen LogP contribution is 2.43. The van der Waals surface area contributed by atoms with Crippen LogP contribution in [0.15, 0.2) is 63.8 Å². The third kappa shape index (κ3) is 28.0. The number of ketones is 3. The third-order valence-electron chi connectivity index (χ3n) is 25.7. The van der Waals surface area contributed by atoms with Gasteiger partial charge < -0.3 is 88.1 Å². The summed E-state index contributed by atoms with van der Waals surface area (Å²) < 4.78 is 59.9. The maximum Gasteiger partial charge on any atom is 0.329 e. The predicted molar refractivity (Wildman–Crippen MR) is 455 cm³/mol.